The molecular formula is C47H36O3. The van der Waals surface area contributed by atoms with Gasteiger partial charge >= 0.3 is 0 Å². The van der Waals surface area contributed by atoms with Crippen molar-refractivity contribution in [2.75, 3.05) is 7.11 Å². The first kappa shape index (κ1) is 31.4. The van der Waals surface area contributed by atoms with Gasteiger partial charge in [-0.1, -0.05) is 182 Å². The molecule has 0 amide bonds. The van der Waals surface area contributed by atoms with Gasteiger partial charge in [0.25, 0.3) is 0 Å². The Labute approximate surface area is 293 Å². The van der Waals surface area contributed by atoms with Gasteiger partial charge in [0.1, 0.15) is 5.41 Å². The van der Waals surface area contributed by atoms with Crippen LogP contribution < -0.4 is 0 Å². The van der Waals surface area contributed by atoms with Gasteiger partial charge in [-0.15, -0.1) is 0 Å². The summed E-state index contributed by atoms with van der Waals surface area (Å²) in [5, 5.41) is 0. The molecule has 0 radical (unpaired) electrons. The summed E-state index contributed by atoms with van der Waals surface area (Å²) in [6.45, 7) is 0. The van der Waals surface area contributed by atoms with Crippen molar-refractivity contribution in [1.29, 1.82) is 0 Å². The van der Waals surface area contributed by atoms with Crippen LogP contribution in [0.15, 0.2) is 194 Å². The van der Waals surface area contributed by atoms with E-state index in [0.717, 1.165) is 44.5 Å². The van der Waals surface area contributed by atoms with Gasteiger partial charge in [-0.05, 0) is 50.6 Å². The Morgan fingerprint density at radius 3 is 1.32 bits per heavy atom. The number of hydrogen-bond donors (Lipinski definition) is 0. The first-order valence-corrected chi connectivity index (χ1v) is 17.0. The second-order valence-electron chi connectivity index (χ2n) is 13.1. The zero-order valence-electron chi connectivity index (χ0n) is 27.8. The summed E-state index contributed by atoms with van der Waals surface area (Å²) in [7, 11) is 1.59. The Morgan fingerprint density at radius 2 is 0.860 bits per heavy atom. The molecule has 2 unspecified atom stereocenters. The Balaban J connectivity index is 1.42. The van der Waals surface area contributed by atoms with Crippen LogP contribution in [0.1, 0.15) is 39.7 Å². The summed E-state index contributed by atoms with van der Waals surface area (Å²) in [6.07, 6.45) is 3.79. The van der Waals surface area contributed by atoms with E-state index in [1.165, 1.54) is 0 Å². The first-order chi connectivity index (χ1) is 24.6. The van der Waals surface area contributed by atoms with Crippen molar-refractivity contribution in [3.8, 4) is 11.1 Å². The molecule has 0 aliphatic heterocycles. The topological polar surface area (TPSA) is 43.4 Å². The Bertz CT molecular complexity index is 2130. The lowest BCUT2D eigenvalue weighted by atomic mass is 9.59. The highest BCUT2D eigenvalue weighted by atomic mass is 16.5. The van der Waals surface area contributed by atoms with Gasteiger partial charge in [-0.3, -0.25) is 9.59 Å². The first-order valence-electron chi connectivity index (χ1n) is 17.0. The van der Waals surface area contributed by atoms with Crippen molar-refractivity contribution < 1.29 is 14.3 Å². The van der Waals surface area contributed by atoms with Crippen LogP contribution in [0, 0.1) is 5.41 Å². The molecule has 0 fully saturated rings. The largest absolute Gasteiger partial charge is 0.362 e. The summed E-state index contributed by atoms with van der Waals surface area (Å²) < 4.78 is 6.51. The van der Waals surface area contributed by atoms with Gasteiger partial charge in [-0.2, -0.15) is 0 Å². The number of hydrogen-bond acceptors (Lipinski definition) is 3. The molecule has 6 aromatic carbocycles. The van der Waals surface area contributed by atoms with E-state index >= 15 is 9.59 Å². The monoisotopic (exact) mass is 648 g/mol. The van der Waals surface area contributed by atoms with Crippen LogP contribution in [0.25, 0.3) is 16.7 Å². The number of ketones is 2. The lowest BCUT2D eigenvalue weighted by molar-refractivity contribution is -0.145. The van der Waals surface area contributed by atoms with E-state index in [1.807, 2.05) is 146 Å². The third-order valence-corrected chi connectivity index (χ3v) is 10.4. The predicted octanol–water partition coefficient (Wildman–Crippen LogP) is 9.86. The molecular weight excluding hydrogens is 613 g/mol. The minimum atomic E-state index is -1.59. The zero-order valence-corrected chi connectivity index (χ0v) is 27.8. The van der Waals surface area contributed by atoms with E-state index in [0.29, 0.717) is 5.57 Å². The van der Waals surface area contributed by atoms with Crippen LogP contribution >= 0.6 is 0 Å². The summed E-state index contributed by atoms with van der Waals surface area (Å²) in [5.74, 6) is -1.43. The van der Waals surface area contributed by atoms with Gasteiger partial charge in [0.05, 0.1) is 0 Å². The number of rotatable bonds is 9. The van der Waals surface area contributed by atoms with E-state index in [9.17, 15) is 0 Å². The molecule has 2 aliphatic carbocycles. The highest BCUT2D eigenvalue weighted by Gasteiger charge is 2.68. The van der Waals surface area contributed by atoms with Crippen LogP contribution in [0.3, 0.4) is 0 Å². The van der Waals surface area contributed by atoms with Gasteiger partial charge in [0.2, 0.25) is 0 Å². The quantitative estimate of drug-likeness (QED) is 0.116. The minimum absolute atomic E-state index is 0.227. The van der Waals surface area contributed by atoms with Crippen molar-refractivity contribution in [1.82, 2.24) is 0 Å². The number of carbonyl (C=O) groups excluding carboxylic acids is 2. The van der Waals surface area contributed by atoms with E-state index in [-0.39, 0.29) is 17.5 Å². The third-order valence-electron chi connectivity index (χ3n) is 10.4. The number of methoxy groups -OCH3 is 1. The molecule has 0 spiro atoms. The summed E-state index contributed by atoms with van der Waals surface area (Å²) in [5.41, 5.74) is 4.85. The van der Waals surface area contributed by atoms with Crippen molar-refractivity contribution in [2.24, 2.45) is 5.41 Å². The second kappa shape index (κ2) is 12.9. The molecule has 2 atom stereocenters. The highest BCUT2D eigenvalue weighted by molar-refractivity contribution is 6.37. The molecule has 3 heteroatoms. The third kappa shape index (κ3) is 5.01. The number of allylic oxidation sites excluding steroid dienone is 2. The number of fused-ring (bicyclic) bond motifs is 2. The summed E-state index contributed by atoms with van der Waals surface area (Å²) in [6, 6.07) is 58.5. The summed E-state index contributed by atoms with van der Waals surface area (Å²) in [4.78, 5) is 31.2. The van der Waals surface area contributed by atoms with Crippen LogP contribution in [-0.2, 0) is 14.3 Å². The second-order valence-corrected chi connectivity index (χ2v) is 13.1. The van der Waals surface area contributed by atoms with Crippen LogP contribution in [0.4, 0.5) is 0 Å². The molecule has 2 bridgehead atoms. The lowest BCUT2D eigenvalue weighted by Gasteiger charge is -2.41. The molecule has 50 heavy (non-hydrogen) atoms. The fourth-order valence-electron chi connectivity index (χ4n) is 8.12. The molecule has 0 N–H and O–H groups in total. The highest BCUT2D eigenvalue weighted by Crippen LogP contribution is 2.61. The Hall–Kier alpha value is -5.90. The Morgan fingerprint density at radius 1 is 0.460 bits per heavy atom. The van der Waals surface area contributed by atoms with Crippen LogP contribution in [-0.4, -0.2) is 24.3 Å². The molecule has 0 saturated carbocycles. The van der Waals surface area contributed by atoms with E-state index in [2.05, 4.69) is 36.4 Å². The molecule has 3 nitrogen and oxygen atoms in total. The van der Waals surface area contributed by atoms with Gasteiger partial charge < -0.3 is 4.74 Å². The molecule has 0 aromatic heterocycles. The molecule has 242 valence electrons. The number of ether oxygens (including phenoxy) is 1. The number of Topliss-reactive ketones (excluding diaryl/α,β-unsaturated/α-hetero) is 2. The SMILES string of the molecule is COC12C=C(c3ccc(-c4ccccc4)cc3)C(=O)C(C(c3ccccc3)c3ccccc3)(C=C1C(c1ccccc1)c1ccccc1)C2=O. The van der Waals surface area contributed by atoms with Crippen LogP contribution in [0.5, 0.6) is 0 Å². The maximum Gasteiger partial charge on any atom is 0.191 e. The van der Waals surface area contributed by atoms with Gasteiger partial charge in [-0.25, -0.2) is 0 Å². The van der Waals surface area contributed by atoms with Gasteiger partial charge in [0, 0.05) is 24.5 Å². The normalized spacial score (nSPS) is 19.8. The maximum absolute atomic E-state index is 15.6. The van der Waals surface area contributed by atoms with Gasteiger partial charge in [0.15, 0.2) is 17.2 Å². The minimum Gasteiger partial charge on any atom is -0.362 e. The average molecular weight is 649 g/mol. The molecule has 0 heterocycles. The van der Waals surface area contributed by atoms with Crippen molar-refractivity contribution in [3.05, 3.63) is 221 Å². The average Bonchev–Trinajstić information content (AvgIpc) is 3.36. The van der Waals surface area contributed by atoms with Crippen molar-refractivity contribution in [2.45, 2.75) is 17.4 Å². The molecule has 0 saturated heterocycles. The molecule has 2 aliphatic rings. The van der Waals surface area contributed by atoms with Crippen LogP contribution in [0.2, 0.25) is 0 Å². The van der Waals surface area contributed by atoms with Crippen molar-refractivity contribution >= 4 is 17.1 Å². The van der Waals surface area contributed by atoms with E-state index < -0.39 is 16.9 Å². The van der Waals surface area contributed by atoms with Crippen molar-refractivity contribution in [3.63, 3.8) is 0 Å². The maximum atomic E-state index is 15.6. The zero-order chi connectivity index (χ0) is 34.1. The smallest absolute Gasteiger partial charge is 0.191 e. The van der Waals surface area contributed by atoms with E-state index in [4.69, 9.17) is 4.74 Å². The fraction of sp³-hybridized carbons (Fsp3) is 0.106. The number of carbonyl (C=O) groups is 2. The number of benzene rings is 6. The Kier molecular flexibility index (Phi) is 8.06. The van der Waals surface area contributed by atoms with E-state index in [1.54, 1.807) is 13.2 Å². The predicted molar refractivity (Wildman–Crippen MR) is 200 cm³/mol. The lowest BCUT2D eigenvalue weighted by Crippen LogP contribution is -2.54. The molecule has 8 rings (SSSR count). The molecule has 6 aromatic rings. The fourth-order valence-corrected chi connectivity index (χ4v) is 8.12. The summed E-state index contributed by atoms with van der Waals surface area (Å²) >= 11 is 0. The standard InChI is InChI=1S/C47H36O3/c1-50-47-31-40(35-29-27-34(28-30-35)33-17-7-2-8-18-33)44(48)46(45(47)49,43(38-23-13-5-14-24-38)39-25-15-6-16-26-39)32-41(47)42(36-19-9-3-10-20-36)37-21-11-4-12-22-37/h2-32,42-43H,1H3.